The number of ether oxygens (including phenoxy) is 1. The van der Waals surface area contributed by atoms with Crippen LogP contribution in [0.25, 0.3) is 0 Å². The van der Waals surface area contributed by atoms with E-state index in [1.54, 1.807) is 0 Å². The Morgan fingerprint density at radius 3 is 2.93 bits per heavy atom. The molecule has 0 N–H and O–H groups in total. The minimum atomic E-state index is -0.465. The number of hydrogen-bond acceptors (Lipinski definition) is 3. The quantitative estimate of drug-likeness (QED) is 0.601. The summed E-state index contributed by atoms with van der Waals surface area (Å²) in [4.78, 5) is 13.9. The second kappa shape index (κ2) is 2.83. The first-order chi connectivity index (χ1) is 7.24. The van der Waals surface area contributed by atoms with E-state index in [0.717, 1.165) is 30.5 Å². The summed E-state index contributed by atoms with van der Waals surface area (Å²) in [5, 5.41) is 0. The topological polar surface area (TPSA) is 29.5 Å². The maximum atomic E-state index is 11.7. The largest absolute Gasteiger partial charge is 0.436 e. The van der Waals surface area contributed by atoms with Crippen LogP contribution in [0.1, 0.15) is 28.8 Å². The van der Waals surface area contributed by atoms with E-state index in [1.165, 1.54) is 0 Å². The van der Waals surface area contributed by atoms with E-state index in [2.05, 4.69) is 4.90 Å². The van der Waals surface area contributed by atoms with Crippen LogP contribution in [-0.4, -0.2) is 24.5 Å². The summed E-state index contributed by atoms with van der Waals surface area (Å²) in [7, 11) is 2.02. The molecule has 1 saturated heterocycles. The van der Waals surface area contributed by atoms with Gasteiger partial charge in [0.2, 0.25) is 0 Å². The first kappa shape index (κ1) is 8.92. The van der Waals surface area contributed by atoms with Crippen molar-refractivity contribution in [3.8, 4) is 0 Å². The lowest BCUT2D eigenvalue weighted by molar-refractivity contribution is -0.0797. The molecule has 1 fully saturated rings. The van der Waals surface area contributed by atoms with Crippen molar-refractivity contribution >= 4 is 5.97 Å². The average molecular weight is 203 g/mol. The van der Waals surface area contributed by atoms with E-state index < -0.39 is 5.72 Å². The monoisotopic (exact) mass is 203 g/mol. The molecule has 1 spiro atoms. The number of esters is 1. The van der Waals surface area contributed by atoms with Crippen LogP contribution in [0.4, 0.5) is 0 Å². The van der Waals surface area contributed by atoms with Gasteiger partial charge in [-0.1, -0.05) is 18.2 Å². The zero-order chi connectivity index (χ0) is 10.5. The molecule has 1 atom stereocenters. The fourth-order valence-corrected chi connectivity index (χ4v) is 2.66. The molecule has 3 rings (SSSR count). The molecule has 2 heterocycles. The standard InChI is InChI=1S/C12H13NO2/c1-13-8-4-7-12(13)10-6-3-2-5-9(10)11(14)15-12/h2-3,5-6H,4,7-8H2,1H3/t12-/m0/s1. The normalized spacial score (nSPS) is 29.5. The number of fused-ring (bicyclic) bond motifs is 2. The molecule has 1 aromatic carbocycles. The Labute approximate surface area is 88.6 Å². The molecule has 0 aromatic heterocycles. The number of likely N-dealkylation sites (tertiary alicyclic amines) is 1. The third-order valence-electron chi connectivity index (χ3n) is 3.46. The Kier molecular flexibility index (Phi) is 1.68. The molecular weight excluding hydrogens is 190 g/mol. The second-order valence-corrected chi connectivity index (χ2v) is 4.24. The lowest BCUT2D eigenvalue weighted by atomic mass is 9.98. The average Bonchev–Trinajstić information content (AvgIpc) is 2.74. The zero-order valence-corrected chi connectivity index (χ0v) is 8.69. The fourth-order valence-electron chi connectivity index (χ4n) is 2.66. The predicted molar refractivity (Wildman–Crippen MR) is 55.4 cm³/mol. The minimum Gasteiger partial charge on any atom is -0.436 e. The highest BCUT2D eigenvalue weighted by Crippen LogP contribution is 2.45. The third kappa shape index (κ3) is 1.01. The molecule has 1 aromatic rings. The first-order valence-corrected chi connectivity index (χ1v) is 5.28. The van der Waals surface area contributed by atoms with Crippen molar-refractivity contribution in [1.29, 1.82) is 0 Å². The van der Waals surface area contributed by atoms with E-state index in [4.69, 9.17) is 4.74 Å². The van der Waals surface area contributed by atoms with Gasteiger partial charge < -0.3 is 4.74 Å². The van der Waals surface area contributed by atoms with Crippen molar-refractivity contribution in [2.24, 2.45) is 0 Å². The maximum absolute atomic E-state index is 11.7. The van der Waals surface area contributed by atoms with Gasteiger partial charge >= 0.3 is 5.97 Å². The van der Waals surface area contributed by atoms with Gasteiger partial charge in [-0.3, -0.25) is 4.90 Å². The smallest absolute Gasteiger partial charge is 0.340 e. The SMILES string of the molecule is CN1CCC[C@@]12OC(=O)c1ccccc12. The second-order valence-electron chi connectivity index (χ2n) is 4.24. The Hall–Kier alpha value is -1.35. The van der Waals surface area contributed by atoms with Crippen molar-refractivity contribution < 1.29 is 9.53 Å². The van der Waals surface area contributed by atoms with Gasteiger partial charge in [0, 0.05) is 18.5 Å². The van der Waals surface area contributed by atoms with Crippen LogP contribution in [0.15, 0.2) is 24.3 Å². The van der Waals surface area contributed by atoms with Gasteiger partial charge in [0.1, 0.15) is 0 Å². The van der Waals surface area contributed by atoms with Gasteiger partial charge in [0.15, 0.2) is 5.72 Å². The Morgan fingerprint density at radius 1 is 1.40 bits per heavy atom. The van der Waals surface area contributed by atoms with Crippen molar-refractivity contribution in [3.63, 3.8) is 0 Å². The predicted octanol–water partition coefficient (Wildman–Crippen LogP) is 1.74. The number of carbonyl (C=O) groups is 1. The number of rotatable bonds is 0. The van der Waals surface area contributed by atoms with Gasteiger partial charge in [-0.2, -0.15) is 0 Å². The molecule has 0 radical (unpaired) electrons. The highest BCUT2D eigenvalue weighted by atomic mass is 16.6. The van der Waals surface area contributed by atoms with Gasteiger partial charge in [-0.25, -0.2) is 4.79 Å². The summed E-state index contributed by atoms with van der Waals surface area (Å²) in [5.41, 5.74) is 1.30. The van der Waals surface area contributed by atoms with Gasteiger partial charge in [0.25, 0.3) is 0 Å². The third-order valence-corrected chi connectivity index (χ3v) is 3.46. The molecule has 15 heavy (non-hydrogen) atoms. The molecule has 0 bridgehead atoms. The molecule has 2 aliphatic heterocycles. The Bertz CT molecular complexity index is 429. The van der Waals surface area contributed by atoms with Crippen molar-refractivity contribution in [2.45, 2.75) is 18.6 Å². The Morgan fingerprint density at radius 2 is 2.20 bits per heavy atom. The summed E-state index contributed by atoms with van der Waals surface area (Å²) in [5.74, 6) is -0.181. The van der Waals surface area contributed by atoms with Crippen LogP contribution in [0.2, 0.25) is 0 Å². The molecule has 0 saturated carbocycles. The summed E-state index contributed by atoms with van der Waals surface area (Å²) >= 11 is 0. The minimum absolute atomic E-state index is 0.181. The van der Waals surface area contributed by atoms with E-state index in [1.807, 2.05) is 31.3 Å². The number of nitrogens with zero attached hydrogens (tertiary/aromatic N) is 1. The number of benzene rings is 1. The molecule has 3 heteroatoms. The maximum Gasteiger partial charge on any atom is 0.340 e. The van der Waals surface area contributed by atoms with Crippen LogP contribution in [0.5, 0.6) is 0 Å². The Balaban J connectivity index is 2.19. The molecule has 0 aliphatic carbocycles. The van der Waals surface area contributed by atoms with E-state index in [-0.39, 0.29) is 5.97 Å². The van der Waals surface area contributed by atoms with Gasteiger partial charge in [0.05, 0.1) is 5.56 Å². The first-order valence-electron chi connectivity index (χ1n) is 5.28. The molecule has 0 unspecified atom stereocenters. The summed E-state index contributed by atoms with van der Waals surface area (Å²) in [6.45, 7) is 0.988. The van der Waals surface area contributed by atoms with Crippen LogP contribution in [0.3, 0.4) is 0 Å². The molecule has 3 nitrogen and oxygen atoms in total. The van der Waals surface area contributed by atoms with Crippen LogP contribution >= 0.6 is 0 Å². The van der Waals surface area contributed by atoms with Gasteiger partial charge in [-0.15, -0.1) is 0 Å². The number of carbonyl (C=O) groups excluding carboxylic acids is 1. The summed E-state index contributed by atoms with van der Waals surface area (Å²) in [6, 6.07) is 7.70. The fraction of sp³-hybridized carbons (Fsp3) is 0.417. The van der Waals surface area contributed by atoms with Crippen LogP contribution < -0.4 is 0 Å². The highest BCUT2D eigenvalue weighted by Gasteiger charge is 2.50. The van der Waals surface area contributed by atoms with Crippen molar-refractivity contribution in [1.82, 2.24) is 4.90 Å². The lowest BCUT2D eigenvalue weighted by Crippen LogP contribution is -2.38. The van der Waals surface area contributed by atoms with E-state index in [9.17, 15) is 4.79 Å². The highest BCUT2D eigenvalue weighted by molar-refractivity contribution is 5.94. The van der Waals surface area contributed by atoms with E-state index in [0.29, 0.717) is 0 Å². The van der Waals surface area contributed by atoms with Crippen LogP contribution in [0, 0.1) is 0 Å². The summed E-state index contributed by atoms with van der Waals surface area (Å²) < 4.78 is 5.58. The molecule has 78 valence electrons. The molecule has 0 amide bonds. The van der Waals surface area contributed by atoms with Gasteiger partial charge in [-0.05, 0) is 19.5 Å². The van der Waals surface area contributed by atoms with Crippen LogP contribution in [-0.2, 0) is 10.5 Å². The lowest BCUT2D eigenvalue weighted by Gasteiger charge is -2.30. The zero-order valence-electron chi connectivity index (χ0n) is 8.69. The molecular formula is C12H13NO2. The summed E-state index contributed by atoms with van der Waals surface area (Å²) in [6.07, 6.45) is 1.99. The number of hydrogen-bond donors (Lipinski definition) is 0. The van der Waals surface area contributed by atoms with Crippen molar-refractivity contribution in [3.05, 3.63) is 35.4 Å². The van der Waals surface area contributed by atoms with E-state index >= 15 is 0 Å². The molecule has 2 aliphatic rings. The van der Waals surface area contributed by atoms with Crippen molar-refractivity contribution in [2.75, 3.05) is 13.6 Å².